The first kappa shape index (κ1) is 14.8. The molecule has 1 unspecified atom stereocenters. The van der Waals surface area contributed by atoms with Gasteiger partial charge in [0, 0.05) is 19.1 Å². The second-order valence-corrected chi connectivity index (χ2v) is 5.68. The van der Waals surface area contributed by atoms with E-state index in [4.69, 9.17) is 11.2 Å². The number of carbonyl (C=O) groups is 1. The quantitative estimate of drug-likeness (QED) is 0.764. The normalized spacial score (nSPS) is 21.0. The Labute approximate surface area is 110 Å². The molecule has 1 rings (SSSR count). The molecule has 1 atom stereocenters. The molecule has 1 aliphatic heterocycles. The van der Waals surface area contributed by atoms with Crippen LogP contribution in [-0.4, -0.2) is 42.3 Å². The van der Waals surface area contributed by atoms with Crippen molar-refractivity contribution in [2.45, 2.75) is 51.7 Å². The van der Waals surface area contributed by atoms with E-state index in [-0.39, 0.29) is 6.09 Å². The van der Waals surface area contributed by atoms with Crippen LogP contribution in [0.4, 0.5) is 4.79 Å². The maximum atomic E-state index is 11.9. The highest BCUT2D eigenvalue weighted by Gasteiger charge is 2.24. The topological polar surface area (TPSA) is 41.6 Å². The Morgan fingerprint density at radius 3 is 2.78 bits per heavy atom. The molecule has 0 radical (unpaired) electrons. The molecule has 0 bridgehead atoms. The van der Waals surface area contributed by atoms with Crippen molar-refractivity contribution in [3.63, 3.8) is 0 Å². The summed E-state index contributed by atoms with van der Waals surface area (Å²) in [5.74, 6) is 2.58. The summed E-state index contributed by atoms with van der Waals surface area (Å²) in [5, 5.41) is 3.30. The van der Waals surface area contributed by atoms with Crippen LogP contribution in [0.25, 0.3) is 0 Å². The molecule has 1 N–H and O–H groups in total. The van der Waals surface area contributed by atoms with Crippen LogP contribution in [0.15, 0.2) is 0 Å². The van der Waals surface area contributed by atoms with Gasteiger partial charge < -0.3 is 15.0 Å². The Bertz CT molecular complexity index is 315. The van der Waals surface area contributed by atoms with Crippen molar-refractivity contribution in [3.8, 4) is 12.3 Å². The number of amides is 1. The first-order valence-corrected chi connectivity index (χ1v) is 6.57. The van der Waals surface area contributed by atoms with Crippen molar-refractivity contribution in [2.75, 3.05) is 19.6 Å². The molecule has 0 aromatic heterocycles. The summed E-state index contributed by atoms with van der Waals surface area (Å²) >= 11 is 0. The lowest BCUT2D eigenvalue weighted by molar-refractivity contribution is 0.0256. The van der Waals surface area contributed by atoms with Gasteiger partial charge in [0.15, 0.2) is 0 Å². The number of ether oxygens (including phenoxy) is 1. The molecular weight excluding hydrogens is 228 g/mol. The number of rotatable bonds is 2. The van der Waals surface area contributed by atoms with E-state index in [1.165, 1.54) is 0 Å². The highest BCUT2D eigenvalue weighted by atomic mass is 16.6. The second-order valence-electron chi connectivity index (χ2n) is 5.68. The highest BCUT2D eigenvalue weighted by molar-refractivity contribution is 5.68. The molecule has 0 aliphatic carbocycles. The fourth-order valence-corrected chi connectivity index (χ4v) is 2.01. The molecule has 1 amide bonds. The van der Waals surface area contributed by atoms with Crippen LogP contribution in [-0.2, 0) is 4.74 Å². The summed E-state index contributed by atoms with van der Waals surface area (Å²) in [7, 11) is 0. The lowest BCUT2D eigenvalue weighted by atomic mass is 10.1. The van der Waals surface area contributed by atoms with Crippen LogP contribution in [0.3, 0.4) is 0 Å². The number of terminal acetylenes is 1. The fraction of sp³-hybridized carbons (Fsp3) is 0.786. The second kappa shape index (κ2) is 6.65. The first-order valence-electron chi connectivity index (χ1n) is 6.57. The summed E-state index contributed by atoms with van der Waals surface area (Å²) in [5.41, 5.74) is -0.426. The van der Waals surface area contributed by atoms with Gasteiger partial charge in [-0.25, -0.2) is 4.79 Å². The van der Waals surface area contributed by atoms with E-state index in [0.717, 1.165) is 32.4 Å². The lowest BCUT2D eigenvalue weighted by Gasteiger charge is -2.26. The van der Waals surface area contributed by atoms with Crippen LogP contribution < -0.4 is 5.32 Å². The largest absolute Gasteiger partial charge is 0.444 e. The third kappa shape index (κ3) is 5.42. The van der Waals surface area contributed by atoms with E-state index in [9.17, 15) is 4.79 Å². The maximum absolute atomic E-state index is 11.9. The molecule has 1 saturated heterocycles. The van der Waals surface area contributed by atoms with Crippen LogP contribution in [0, 0.1) is 12.3 Å². The molecule has 4 heteroatoms. The van der Waals surface area contributed by atoms with Crippen LogP contribution in [0.2, 0.25) is 0 Å². The van der Waals surface area contributed by atoms with Gasteiger partial charge in [0.2, 0.25) is 0 Å². The van der Waals surface area contributed by atoms with E-state index in [0.29, 0.717) is 12.6 Å². The third-order valence-corrected chi connectivity index (χ3v) is 2.87. The van der Waals surface area contributed by atoms with Crippen LogP contribution >= 0.6 is 0 Å². The summed E-state index contributed by atoms with van der Waals surface area (Å²) in [6, 6.07) is 0.411. The fourth-order valence-electron chi connectivity index (χ4n) is 2.01. The third-order valence-electron chi connectivity index (χ3n) is 2.87. The van der Waals surface area contributed by atoms with Crippen LogP contribution in [0.1, 0.15) is 40.0 Å². The minimum atomic E-state index is -0.426. The first-order chi connectivity index (χ1) is 8.42. The van der Waals surface area contributed by atoms with Gasteiger partial charge in [-0.1, -0.05) is 5.92 Å². The number of likely N-dealkylation sites (tertiary alicyclic amines) is 1. The van der Waals surface area contributed by atoms with E-state index in [1.54, 1.807) is 4.90 Å². The van der Waals surface area contributed by atoms with Crippen LogP contribution in [0.5, 0.6) is 0 Å². The average Bonchev–Trinajstić information content (AvgIpc) is 2.49. The smallest absolute Gasteiger partial charge is 0.410 e. The number of carbonyl (C=O) groups excluding carboxylic acids is 1. The van der Waals surface area contributed by atoms with E-state index >= 15 is 0 Å². The molecule has 0 aromatic rings. The summed E-state index contributed by atoms with van der Waals surface area (Å²) in [6.07, 6.45) is 8.00. The molecule has 1 heterocycles. The minimum Gasteiger partial charge on any atom is -0.444 e. The Balaban J connectivity index is 2.42. The van der Waals surface area contributed by atoms with Crippen molar-refractivity contribution < 1.29 is 9.53 Å². The Hall–Kier alpha value is -1.21. The molecule has 4 nitrogen and oxygen atoms in total. The van der Waals surface area contributed by atoms with Crippen molar-refractivity contribution in [3.05, 3.63) is 0 Å². The van der Waals surface area contributed by atoms with Gasteiger partial charge in [-0.05, 0) is 40.0 Å². The highest BCUT2D eigenvalue weighted by Crippen LogP contribution is 2.15. The van der Waals surface area contributed by atoms with Crippen molar-refractivity contribution in [2.24, 2.45) is 0 Å². The molecular formula is C14H24N2O2. The number of hydrogen-bond donors (Lipinski definition) is 1. The zero-order chi connectivity index (χ0) is 13.6. The van der Waals surface area contributed by atoms with Crippen molar-refractivity contribution >= 4 is 6.09 Å². The Morgan fingerprint density at radius 1 is 1.44 bits per heavy atom. The summed E-state index contributed by atoms with van der Waals surface area (Å²) in [6.45, 7) is 7.76. The Morgan fingerprint density at radius 2 is 2.17 bits per heavy atom. The SMILES string of the molecule is C#CCNC1CCCN(C(=O)OC(C)(C)C)CC1. The summed E-state index contributed by atoms with van der Waals surface area (Å²) < 4.78 is 5.38. The van der Waals surface area contributed by atoms with Gasteiger partial charge in [0.05, 0.1) is 6.54 Å². The average molecular weight is 252 g/mol. The molecule has 18 heavy (non-hydrogen) atoms. The zero-order valence-electron chi connectivity index (χ0n) is 11.7. The zero-order valence-corrected chi connectivity index (χ0v) is 11.7. The predicted octanol–water partition coefficient (Wildman–Crippen LogP) is 2.00. The molecule has 0 saturated carbocycles. The summed E-state index contributed by atoms with van der Waals surface area (Å²) in [4.78, 5) is 13.7. The van der Waals surface area contributed by atoms with Gasteiger partial charge in [-0.3, -0.25) is 0 Å². The molecule has 0 aromatic carbocycles. The lowest BCUT2D eigenvalue weighted by Crippen LogP contribution is -2.38. The molecule has 1 aliphatic rings. The minimum absolute atomic E-state index is 0.208. The number of nitrogens with one attached hydrogen (secondary N) is 1. The predicted molar refractivity (Wildman–Crippen MR) is 72.3 cm³/mol. The maximum Gasteiger partial charge on any atom is 0.410 e. The van der Waals surface area contributed by atoms with Gasteiger partial charge in [-0.15, -0.1) is 6.42 Å². The monoisotopic (exact) mass is 252 g/mol. The molecule has 1 fully saturated rings. The standard InChI is InChI=1S/C14H24N2O2/c1-5-9-15-12-7-6-10-16(11-8-12)13(17)18-14(2,3)4/h1,12,15H,6-11H2,2-4H3. The number of hydrogen-bond acceptors (Lipinski definition) is 3. The molecule has 102 valence electrons. The van der Waals surface area contributed by atoms with E-state index < -0.39 is 5.60 Å². The number of nitrogens with zero attached hydrogens (tertiary/aromatic N) is 1. The van der Waals surface area contributed by atoms with E-state index in [1.807, 2.05) is 20.8 Å². The van der Waals surface area contributed by atoms with Gasteiger partial charge in [-0.2, -0.15) is 0 Å². The van der Waals surface area contributed by atoms with Gasteiger partial charge in [0.25, 0.3) is 0 Å². The Kier molecular flexibility index (Phi) is 5.49. The van der Waals surface area contributed by atoms with Crippen molar-refractivity contribution in [1.29, 1.82) is 0 Å². The van der Waals surface area contributed by atoms with E-state index in [2.05, 4.69) is 11.2 Å². The van der Waals surface area contributed by atoms with Crippen molar-refractivity contribution in [1.82, 2.24) is 10.2 Å². The van der Waals surface area contributed by atoms with Gasteiger partial charge >= 0.3 is 6.09 Å². The van der Waals surface area contributed by atoms with Gasteiger partial charge in [0.1, 0.15) is 5.60 Å². The molecule has 0 spiro atoms.